The van der Waals surface area contributed by atoms with Crippen LogP contribution in [-0.4, -0.2) is 35.1 Å². The van der Waals surface area contributed by atoms with Gasteiger partial charge in [0.2, 0.25) is 5.91 Å². The fourth-order valence-corrected chi connectivity index (χ4v) is 3.20. The summed E-state index contributed by atoms with van der Waals surface area (Å²) in [5, 5.41) is 2.85. The highest BCUT2D eigenvalue weighted by molar-refractivity contribution is 6.01. The molecule has 104 valence electrons. The molecular weight excluding hydrogens is 256 g/mol. The van der Waals surface area contributed by atoms with Crippen LogP contribution in [0.3, 0.4) is 0 Å². The predicted octanol–water partition coefficient (Wildman–Crippen LogP) is 0.954. The van der Waals surface area contributed by atoms with Gasteiger partial charge in [0.15, 0.2) is 6.23 Å². The topological polar surface area (TPSA) is 61.9 Å². The molecule has 5 nitrogen and oxygen atoms in total. The molecule has 3 aliphatic rings. The van der Waals surface area contributed by atoms with Crippen molar-refractivity contribution < 1.29 is 14.3 Å². The van der Waals surface area contributed by atoms with Crippen LogP contribution in [0.2, 0.25) is 0 Å². The Kier molecular flexibility index (Phi) is 2.41. The maximum absolute atomic E-state index is 12.5. The standard InChI is InChI=1S/C15H16N2O3/c1-8-2-3-10-9(6-8)7-17(15(10)19)11-4-5-12-14(20-12)16-13(11)18/h2-3,6,11-12,14H,4-5,7H2,1H3,(H,16,18). The Morgan fingerprint density at radius 3 is 3.00 bits per heavy atom. The normalized spacial score (nSPS) is 31.4. The number of nitrogens with zero attached hydrogens (tertiary/aromatic N) is 1. The van der Waals surface area contributed by atoms with E-state index in [-0.39, 0.29) is 30.2 Å². The fourth-order valence-electron chi connectivity index (χ4n) is 3.20. The summed E-state index contributed by atoms with van der Waals surface area (Å²) in [6, 6.07) is 5.47. The van der Waals surface area contributed by atoms with Crippen LogP contribution in [0, 0.1) is 6.92 Å². The maximum Gasteiger partial charge on any atom is 0.255 e. The number of benzene rings is 1. The highest BCUT2D eigenvalue weighted by Crippen LogP contribution is 2.32. The molecule has 3 atom stereocenters. The molecule has 1 aromatic rings. The third-order valence-electron chi connectivity index (χ3n) is 4.36. The van der Waals surface area contributed by atoms with Crippen molar-refractivity contribution in [3.8, 4) is 0 Å². The van der Waals surface area contributed by atoms with Crippen LogP contribution in [0.5, 0.6) is 0 Å². The molecule has 2 saturated heterocycles. The summed E-state index contributed by atoms with van der Waals surface area (Å²) < 4.78 is 5.31. The molecule has 0 bridgehead atoms. The van der Waals surface area contributed by atoms with Crippen molar-refractivity contribution in [1.82, 2.24) is 10.2 Å². The van der Waals surface area contributed by atoms with E-state index >= 15 is 0 Å². The number of aryl methyl sites for hydroxylation is 1. The van der Waals surface area contributed by atoms with Crippen LogP contribution in [0.25, 0.3) is 0 Å². The van der Waals surface area contributed by atoms with Gasteiger partial charge in [-0.3, -0.25) is 9.59 Å². The number of epoxide rings is 1. The molecule has 0 aromatic heterocycles. The summed E-state index contributed by atoms with van der Waals surface area (Å²) in [7, 11) is 0. The molecule has 4 rings (SSSR count). The van der Waals surface area contributed by atoms with Crippen molar-refractivity contribution in [3.05, 3.63) is 34.9 Å². The Labute approximate surface area is 116 Å². The highest BCUT2D eigenvalue weighted by Gasteiger charge is 2.47. The Balaban J connectivity index is 1.61. The summed E-state index contributed by atoms with van der Waals surface area (Å²) in [5.74, 6) is -0.121. The second kappa shape index (κ2) is 4.06. The molecule has 3 heterocycles. The number of hydrogen-bond acceptors (Lipinski definition) is 3. The Morgan fingerprint density at radius 1 is 1.30 bits per heavy atom. The zero-order chi connectivity index (χ0) is 13.9. The first-order chi connectivity index (χ1) is 9.63. The average Bonchev–Trinajstić information content (AvgIpc) is 3.08. The van der Waals surface area contributed by atoms with Gasteiger partial charge in [-0.25, -0.2) is 0 Å². The van der Waals surface area contributed by atoms with Crippen LogP contribution < -0.4 is 5.32 Å². The molecule has 3 unspecified atom stereocenters. The van der Waals surface area contributed by atoms with E-state index in [4.69, 9.17) is 4.74 Å². The molecular formula is C15H16N2O3. The SMILES string of the molecule is Cc1ccc2c(c1)CN(C1CCC3OC3NC1=O)C2=O. The van der Waals surface area contributed by atoms with Gasteiger partial charge in [0, 0.05) is 12.1 Å². The van der Waals surface area contributed by atoms with Gasteiger partial charge >= 0.3 is 0 Å². The van der Waals surface area contributed by atoms with Crippen LogP contribution in [-0.2, 0) is 16.1 Å². The van der Waals surface area contributed by atoms with Crippen molar-refractivity contribution in [3.63, 3.8) is 0 Å². The van der Waals surface area contributed by atoms with Gasteiger partial charge in [-0.05, 0) is 31.4 Å². The zero-order valence-corrected chi connectivity index (χ0v) is 11.3. The van der Waals surface area contributed by atoms with E-state index in [0.717, 1.165) is 23.1 Å². The van der Waals surface area contributed by atoms with Crippen LogP contribution in [0.15, 0.2) is 18.2 Å². The van der Waals surface area contributed by atoms with Gasteiger partial charge in [-0.2, -0.15) is 0 Å². The molecule has 1 N–H and O–H groups in total. The van der Waals surface area contributed by atoms with E-state index < -0.39 is 0 Å². The number of ether oxygens (including phenoxy) is 1. The summed E-state index contributed by atoms with van der Waals surface area (Å²) in [6.07, 6.45) is 1.51. The molecule has 0 spiro atoms. The van der Waals surface area contributed by atoms with E-state index in [1.54, 1.807) is 4.90 Å². The summed E-state index contributed by atoms with van der Waals surface area (Å²) in [6.45, 7) is 2.54. The van der Waals surface area contributed by atoms with Gasteiger partial charge in [-0.1, -0.05) is 17.7 Å². The first kappa shape index (κ1) is 11.9. The minimum Gasteiger partial charge on any atom is -0.348 e. The molecule has 2 amide bonds. The van der Waals surface area contributed by atoms with Crippen LogP contribution >= 0.6 is 0 Å². The minimum absolute atomic E-state index is 0.0309. The monoisotopic (exact) mass is 272 g/mol. The molecule has 2 fully saturated rings. The van der Waals surface area contributed by atoms with Crippen LogP contribution in [0.1, 0.15) is 34.3 Å². The zero-order valence-electron chi connectivity index (χ0n) is 11.3. The number of hydrogen-bond donors (Lipinski definition) is 1. The Hall–Kier alpha value is -1.88. The first-order valence-electron chi connectivity index (χ1n) is 7.00. The summed E-state index contributed by atoms with van der Waals surface area (Å²) in [4.78, 5) is 26.4. The number of amides is 2. The summed E-state index contributed by atoms with van der Waals surface area (Å²) >= 11 is 0. The lowest BCUT2D eigenvalue weighted by molar-refractivity contribution is -0.126. The van der Waals surface area contributed by atoms with Gasteiger partial charge in [-0.15, -0.1) is 0 Å². The van der Waals surface area contributed by atoms with Gasteiger partial charge in [0.1, 0.15) is 12.1 Å². The predicted molar refractivity (Wildman–Crippen MR) is 70.9 cm³/mol. The summed E-state index contributed by atoms with van der Waals surface area (Å²) in [5.41, 5.74) is 2.89. The number of carbonyl (C=O) groups is 2. The molecule has 1 aromatic carbocycles. The van der Waals surface area contributed by atoms with Gasteiger partial charge in [0.25, 0.3) is 5.91 Å². The molecule has 20 heavy (non-hydrogen) atoms. The van der Waals surface area contributed by atoms with Crippen molar-refractivity contribution in [2.75, 3.05) is 0 Å². The molecule has 0 saturated carbocycles. The Morgan fingerprint density at radius 2 is 2.15 bits per heavy atom. The highest BCUT2D eigenvalue weighted by atomic mass is 16.6. The lowest BCUT2D eigenvalue weighted by Crippen LogP contribution is -2.46. The van der Waals surface area contributed by atoms with E-state index in [0.29, 0.717) is 13.0 Å². The lowest BCUT2D eigenvalue weighted by Gasteiger charge is -2.25. The van der Waals surface area contributed by atoms with Crippen molar-refractivity contribution in [2.45, 2.75) is 44.7 Å². The van der Waals surface area contributed by atoms with Gasteiger partial charge in [0.05, 0.1) is 0 Å². The van der Waals surface area contributed by atoms with Crippen molar-refractivity contribution in [1.29, 1.82) is 0 Å². The first-order valence-corrected chi connectivity index (χ1v) is 7.00. The third-order valence-corrected chi connectivity index (χ3v) is 4.36. The minimum atomic E-state index is -0.369. The van der Waals surface area contributed by atoms with Crippen molar-refractivity contribution in [2.24, 2.45) is 0 Å². The number of carbonyl (C=O) groups excluding carboxylic acids is 2. The maximum atomic E-state index is 12.5. The van der Waals surface area contributed by atoms with E-state index in [2.05, 4.69) is 5.32 Å². The fraction of sp³-hybridized carbons (Fsp3) is 0.467. The van der Waals surface area contributed by atoms with Gasteiger partial charge < -0.3 is 15.0 Å². The van der Waals surface area contributed by atoms with E-state index in [9.17, 15) is 9.59 Å². The molecule has 0 radical (unpaired) electrons. The molecule has 5 heteroatoms. The Bertz CT molecular complexity index is 613. The quantitative estimate of drug-likeness (QED) is 0.774. The third kappa shape index (κ3) is 1.73. The largest absolute Gasteiger partial charge is 0.348 e. The average molecular weight is 272 g/mol. The number of rotatable bonds is 1. The van der Waals surface area contributed by atoms with E-state index in [1.807, 2.05) is 25.1 Å². The second-order valence-corrected chi connectivity index (χ2v) is 5.79. The molecule has 0 aliphatic carbocycles. The van der Waals surface area contributed by atoms with Crippen molar-refractivity contribution >= 4 is 11.8 Å². The number of fused-ring (bicyclic) bond motifs is 2. The van der Waals surface area contributed by atoms with E-state index in [1.165, 1.54) is 0 Å². The molecule has 3 aliphatic heterocycles. The number of nitrogens with one attached hydrogen (secondary N) is 1. The lowest BCUT2D eigenvalue weighted by atomic mass is 10.1. The second-order valence-electron chi connectivity index (χ2n) is 5.79. The van der Waals surface area contributed by atoms with Crippen LogP contribution in [0.4, 0.5) is 0 Å². The smallest absolute Gasteiger partial charge is 0.255 e.